The Kier molecular flexibility index (Phi) is 3.37. The quantitative estimate of drug-likeness (QED) is 0.935. The number of carboxylic acid groups (broad SMARTS) is 1. The van der Waals surface area contributed by atoms with Crippen LogP contribution >= 0.6 is 0 Å². The molecule has 4 rings (SSSR count). The van der Waals surface area contributed by atoms with Crippen LogP contribution in [0.1, 0.15) is 33.9 Å². The highest BCUT2D eigenvalue weighted by atomic mass is 16.7. The molecule has 0 bridgehead atoms. The first-order chi connectivity index (χ1) is 11.6. The molecule has 0 unspecified atom stereocenters. The fraction of sp³-hybridized carbons (Fsp3) is 0.222. The summed E-state index contributed by atoms with van der Waals surface area (Å²) in [6.45, 7) is 0.553. The summed E-state index contributed by atoms with van der Waals surface area (Å²) in [6, 6.07) is 12.1. The second-order valence-electron chi connectivity index (χ2n) is 5.82. The molecule has 0 aliphatic carbocycles. The Morgan fingerprint density at radius 2 is 1.96 bits per heavy atom. The number of ether oxygens (including phenoxy) is 2. The summed E-state index contributed by atoms with van der Waals surface area (Å²) in [5.41, 5.74) is 2.27. The van der Waals surface area contributed by atoms with Crippen molar-refractivity contribution >= 4 is 11.9 Å². The topological polar surface area (TPSA) is 76.1 Å². The van der Waals surface area contributed by atoms with Crippen LogP contribution < -0.4 is 9.47 Å². The van der Waals surface area contributed by atoms with E-state index in [4.69, 9.17) is 9.47 Å². The Balaban J connectivity index is 1.71. The maximum atomic E-state index is 12.7. The minimum absolute atomic E-state index is 0.144. The molecule has 0 saturated heterocycles. The van der Waals surface area contributed by atoms with Gasteiger partial charge in [0.2, 0.25) is 6.79 Å². The van der Waals surface area contributed by atoms with Crippen LogP contribution in [0.5, 0.6) is 11.5 Å². The van der Waals surface area contributed by atoms with Crippen molar-refractivity contribution in [1.29, 1.82) is 0 Å². The molecule has 1 N–H and O–H groups in total. The number of rotatable bonds is 4. The van der Waals surface area contributed by atoms with E-state index in [1.807, 2.05) is 18.2 Å². The van der Waals surface area contributed by atoms with Crippen molar-refractivity contribution in [3.63, 3.8) is 0 Å². The molecule has 6 heteroatoms. The second-order valence-corrected chi connectivity index (χ2v) is 5.82. The number of carboxylic acids is 1. The number of carbonyl (C=O) groups excluding carboxylic acids is 1. The Labute approximate surface area is 138 Å². The van der Waals surface area contributed by atoms with E-state index in [0.717, 1.165) is 11.1 Å². The molecule has 2 aliphatic rings. The van der Waals surface area contributed by atoms with Gasteiger partial charge < -0.3 is 19.5 Å². The molecule has 122 valence electrons. The number of fused-ring (bicyclic) bond motifs is 2. The Morgan fingerprint density at radius 1 is 1.17 bits per heavy atom. The van der Waals surface area contributed by atoms with E-state index in [1.54, 1.807) is 29.2 Å². The number of hydrogen-bond acceptors (Lipinski definition) is 4. The lowest BCUT2D eigenvalue weighted by Crippen LogP contribution is -2.30. The van der Waals surface area contributed by atoms with Crippen LogP contribution in [0.3, 0.4) is 0 Å². The van der Waals surface area contributed by atoms with Gasteiger partial charge in [-0.1, -0.05) is 24.3 Å². The fourth-order valence-corrected chi connectivity index (χ4v) is 3.22. The monoisotopic (exact) mass is 325 g/mol. The van der Waals surface area contributed by atoms with Crippen LogP contribution in [0.15, 0.2) is 42.5 Å². The molecule has 0 spiro atoms. The largest absolute Gasteiger partial charge is 0.481 e. The van der Waals surface area contributed by atoms with E-state index >= 15 is 0 Å². The summed E-state index contributed by atoms with van der Waals surface area (Å²) < 4.78 is 10.7. The summed E-state index contributed by atoms with van der Waals surface area (Å²) in [5, 5.41) is 9.31. The van der Waals surface area contributed by atoms with Gasteiger partial charge in [0.1, 0.15) is 0 Å². The van der Waals surface area contributed by atoms with Crippen LogP contribution in [0.2, 0.25) is 0 Å². The molecule has 2 heterocycles. The average Bonchev–Trinajstić information content (AvgIpc) is 3.17. The zero-order valence-electron chi connectivity index (χ0n) is 12.8. The van der Waals surface area contributed by atoms with E-state index in [9.17, 15) is 14.7 Å². The van der Waals surface area contributed by atoms with E-state index in [1.165, 1.54) is 0 Å². The van der Waals surface area contributed by atoms with Gasteiger partial charge in [-0.25, -0.2) is 0 Å². The van der Waals surface area contributed by atoms with Crippen LogP contribution in [-0.4, -0.2) is 28.7 Å². The highest BCUT2D eigenvalue weighted by Crippen LogP contribution is 2.39. The molecule has 1 atom stereocenters. The summed E-state index contributed by atoms with van der Waals surface area (Å²) in [4.78, 5) is 25.7. The summed E-state index contributed by atoms with van der Waals surface area (Å²) in [5.74, 6) is 0.104. The van der Waals surface area contributed by atoms with Crippen LogP contribution in [0.4, 0.5) is 0 Å². The lowest BCUT2D eigenvalue weighted by atomic mass is 10.0. The molecule has 2 aromatic carbocycles. The Hall–Kier alpha value is -3.02. The Morgan fingerprint density at radius 3 is 2.75 bits per heavy atom. The molecule has 6 nitrogen and oxygen atoms in total. The molecular weight excluding hydrogens is 310 g/mol. The number of carbonyl (C=O) groups is 2. The third kappa shape index (κ3) is 2.36. The number of nitrogens with zero attached hydrogens (tertiary/aromatic N) is 1. The van der Waals surface area contributed by atoms with Crippen molar-refractivity contribution in [3.05, 3.63) is 59.2 Å². The standard InChI is InChI=1S/C18H15NO5/c20-17(21)8-14(11-5-6-15-16(7-11)24-10-23-15)19-9-12-3-1-2-4-13(12)18(19)22/h1-7,14H,8-10H2,(H,20,21)/t14-/m0/s1. The third-order valence-corrected chi connectivity index (χ3v) is 4.37. The first-order valence-electron chi connectivity index (χ1n) is 7.63. The third-order valence-electron chi connectivity index (χ3n) is 4.37. The lowest BCUT2D eigenvalue weighted by Gasteiger charge is -2.27. The number of amides is 1. The maximum absolute atomic E-state index is 12.7. The van der Waals surface area contributed by atoms with Crippen molar-refractivity contribution < 1.29 is 24.2 Å². The minimum atomic E-state index is -0.957. The smallest absolute Gasteiger partial charge is 0.305 e. The van der Waals surface area contributed by atoms with Gasteiger partial charge in [-0.3, -0.25) is 9.59 Å². The predicted molar refractivity (Wildman–Crippen MR) is 83.9 cm³/mol. The average molecular weight is 325 g/mol. The molecular formula is C18H15NO5. The summed E-state index contributed by atoms with van der Waals surface area (Å²) >= 11 is 0. The summed E-state index contributed by atoms with van der Waals surface area (Å²) in [6.07, 6.45) is -0.167. The zero-order chi connectivity index (χ0) is 16.7. The van der Waals surface area contributed by atoms with E-state index in [2.05, 4.69) is 0 Å². The maximum Gasteiger partial charge on any atom is 0.305 e. The van der Waals surface area contributed by atoms with Gasteiger partial charge in [-0.2, -0.15) is 0 Å². The molecule has 0 saturated carbocycles. The minimum Gasteiger partial charge on any atom is -0.481 e. The van der Waals surface area contributed by atoms with Crippen molar-refractivity contribution in [2.24, 2.45) is 0 Å². The van der Waals surface area contributed by atoms with Crippen molar-refractivity contribution in [2.75, 3.05) is 6.79 Å². The van der Waals surface area contributed by atoms with Gasteiger partial charge in [-0.15, -0.1) is 0 Å². The van der Waals surface area contributed by atoms with Gasteiger partial charge in [0.25, 0.3) is 5.91 Å². The van der Waals surface area contributed by atoms with Crippen molar-refractivity contribution in [1.82, 2.24) is 4.90 Å². The van der Waals surface area contributed by atoms with E-state index in [0.29, 0.717) is 23.6 Å². The number of benzene rings is 2. The highest BCUT2D eigenvalue weighted by molar-refractivity contribution is 5.98. The van der Waals surface area contributed by atoms with Gasteiger partial charge in [0, 0.05) is 12.1 Å². The molecule has 0 fully saturated rings. The molecule has 2 aromatic rings. The van der Waals surface area contributed by atoms with Gasteiger partial charge in [0.05, 0.1) is 12.5 Å². The van der Waals surface area contributed by atoms with Gasteiger partial charge in [0.15, 0.2) is 11.5 Å². The summed E-state index contributed by atoms with van der Waals surface area (Å²) in [7, 11) is 0. The van der Waals surface area contributed by atoms with E-state index < -0.39 is 12.0 Å². The van der Waals surface area contributed by atoms with Crippen LogP contribution in [0, 0.1) is 0 Å². The van der Waals surface area contributed by atoms with E-state index in [-0.39, 0.29) is 19.1 Å². The number of hydrogen-bond donors (Lipinski definition) is 1. The van der Waals surface area contributed by atoms with Gasteiger partial charge in [-0.05, 0) is 29.3 Å². The zero-order valence-corrected chi connectivity index (χ0v) is 12.8. The molecule has 24 heavy (non-hydrogen) atoms. The molecule has 0 aromatic heterocycles. The first kappa shape index (κ1) is 14.6. The normalized spacial score (nSPS) is 16.2. The highest BCUT2D eigenvalue weighted by Gasteiger charge is 2.35. The fourth-order valence-electron chi connectivity index (χ4n) is 3.22. The second kappa shape index (κ2) is 5.56. The predicted octanol–water partition coefficient (Wildman–Crippen LogP) is 2.59. The molecule has 1 amide bonds. The Bertz CT molecular complexity index is 832. The van der Waals surface area contributed by atoms with Crippen molar-refractivity contribution in [3.8, 4) is 11.5 Å². The van der Waals surface area contributed by atoms with Gasteiger partial charge >= 0.3 is 5.97 Å². The molecule has 0 radical (unpaired) electrons. The SMILES string of the molecule is O=C(O)C[C@@H](c1ccc2c(c1)OCO2)N1Cc2ccccc2C1=O. The van der Waals surface area contributed by atoms with Crippen LogP contribution in [0.25, 0.3) is 0 Å². The number of aliphatic carboxylic acids is 1. The van der Waals surface area contributed by atoms with Crippen LogP contribution in [-0.2, 0) is 11.3 Å². The van der Waals surface area contributed by atoms with Crippen molar-refractivity contribution in [2.45, 2.75) is 19.0 Å². The lowest BCUT2D eigenvalue weighted by molar-refractivity contribution is -0.138. The molecule has 2 aliphatic heterocycles. The first-order valence-corrected chi connectivity index (χ1v) is 7.63.